The Hall–Kier alpha value is -0.423. The van der Waals surface area contributed by atoms with Crippen molar-refractivity contribution >= 4 is 21.1 Å². The molecule has 0 atom stereocenters. The van der Waals surface area contributed by atoms with Crippen LogP contribution < -0.4 is 0 Å². The molecular weight excluding hydrogens is 68.1 g/mol. The first kappa shape index (κ1) is 3.58. The van der Waals surface area contributed by atoms with Gasteiger partial charge >= 0.3 is 0 Å². The zero-order chi connectivity index (χ0) is 3.41. The maximum absolute atomic E-state index is 8.89. The highest BCUT2D eigenvalue weighted by atomic mass is 28.1. The highest BCUT2D eigenvalue weighted by Gasteiger charge is 1.18. The third-order valence-corrected chi connectivity index (χ3v) is 0.153. The van der Waals surface area contributed by atoms with Crippen LogP contribution in [0.1, 0.15) is 0 Å². The molecule has 0 aliphatic heterocycles. The molecule has 0 bridgehead atoms. The van der Waals surface area contributed by atoms with Gasteiger partial charge in [0.1, 0.15) is 9.85 Å². The molecule has 0 fully saturated rings. The first-order chi connectivity index (χ1) is 1.91. The Morgan fingerprint density at radius 1 is 1.75 bits per heavy atom. The fraction of sp³-hybridized carbons (Fsp3) is 0. The van der Waals surface area contributed by atoms with Crippen molar-refractivity contribution in [3.63, 3.8) is 0 Å². The van der Waals surface area contributed by atoms with Gasteiger partial charge in [-0.15, -0.1) is 0 Å². The Bertz CT molecular complexity index is 56.1. The van der Waals surface area contributed by atoms with Crippen molar-refractivity contribution < 1.29 is 4.79 Å². The minimum Gasteiger partial charge on any atom is -0.225 e. The molecule has 2 heteroatoms. The lowest BCUT2D eigenvalue weighted by atomic mass is 11.2. The molecule has 18 valence electrons. The van der Waals surface area contributed by atoms with Gasteiger partial charge in [0, 0.05) is 0 Å². The smallest absolute Gasteiger partial charge is 0.169 e. The fourth-order valence-electron chi connectivity index (χ4n) is 0. The summed E-state index contributed by atoms with van der Waals surface area (Å²) < 4.78 is 0. The Morgan fingerprint density at radius 2 is 2.00 bits per heavy atom. The van der Waals surface area contributed by atoms with E-state index < -0.39 is 0 Å². The Labute approximate surface area is 27.0 Å². The molecule has 0 aromatic heterocycles. The molecule has 0 unspecified atom stereocenters. The Kier molecular flexibility index (Phi) is 2.30. The predicted molar refractivity (Wildman–Crippen MR) is 16.5 cm³/mol. The van der Waals surface area contributed by atoms with E-state index in [0.717, 1.165) is 0 Å². The fourth-order valence-corrected chi connectivity index (χ4v) is 0. The van der Waals surface area contributed by atoms with E-state index in [-0.39, 0.29) is 0 Å². The summed E-state index contributed by atoms with van der Waals surface area (Å²) in [5.41, 5.74) is 0. The van der Waals surface area contributed by atoms with E-state index in [1.807, 2.05) is 5.33 Å². The van der Waals surface area contributed by atoms with Crippen molar-refractivity contribution in [1.29, 1.82) is 0 Å². The van der Waals surface area contributed by atoms with Gasteiger partial charge in [-0.3, -0.25) is 0 Å². The summed E-state index contributed by atoms with van der Waals surface area (Å²) in [4.78, 5) is 8.89. The van der Waals surface area contributed by atoms with Crippen molar-refractivity contribution in [3.05, 3.63) is 0 Å². The molecule has 0 aromatic rings. The largest absolute Gasteiger partial charge is 0.225 e. The molecule has 0 rings (SSSR count). The lowest BCUT2D eigenvalue weighted by Gasteiger charge is -1.13. The summed E-state index contributed by atoms with van der Waals surface area (Å²) in [5.74, 6) is 1.34. The second-order valence-electron chi connectivity index (χ2n) is 0.227. The van der Waals surface area contributed by atoms with Gasteiger partial charge in [0.2, 0.25) is 0 Å². The van der Waals surface area contributed by atoms with Crippen LogP contribution in [0, 0.1) is 0 Å². The van der Waals surface area contributed by atoms with Crippen molar-refractivity contribution in [2.45, 2.75) is 0 Å². The average Bonchev–Trinajstić information content (AvgIpc) is 1.37. The zero-order valence-corrected chi connectivity index (χ0v) is 2.91. The van der Waals surface area contributed by atoms with Gasteiger partial charge in [-0.2, -0.15) is 0 Å². The predicted octanol–water partition coefficient (Wildman–Crippen LogP) is -1.06. The summed E-state index contributed by atoms with van der Waals surface area (Å²) in [7, 11) is 2.61. The minimum atomic E-state index is 1.34. The molecule has 2 radical (unpaired) electrons. The number of hydrogen-bond donors (Lipinski definition) is 0. The molecule has 0 saturated heterocycles. The van der Waals surface area contributed by atoms with Gasteiger partial charge < -0.3 is 0 Å². The molecular formula is C2OSi. The van der Waals surface area contributed by atoms with Crippen LogP contribution in [-0.4, -0.2) is 21.1 Å². The monoisotopic (exact) mass is 68.0 g/mol. The zero-order valence-electron chi connectivity index (χ0n) is 1.91. The first-order valence-electron chi connectivity index (χ1n) is 0.704. The molecule has 0 aromatic carbocycles. The SMILES string of the molecule is O=C=C=[Si]. The summed E-state index contributed by atoms with van der Waals surface area (Å²) in [6.07, 6.45) is 0. The topological polar surface area (TPSA) is 17.1 Å². The Morgan fingerprint density at radius 3 is 2.00 bits per heavy atom. The van der Waals surface area contributed by atoms with Crippen LogP contribution in [0.15, 0.2) is 0 Å². The van der Waals surface area contributed by atoms with E-state index in [1.54, 1.807) is 0 Å². The van der Waals surface area contributed by atoms with Crippen molar-refractivity contribution in [2.75, 3.05) is 0 Å². The van der Waals surface area contributed by atoms with E-state index >= 15 is 0 Å². The van der Waals surface area contributed by atoms with E-state index in [1.165, 1.54) is 5.94 Å². The highest BCUT2D eigenvalue weighted by Crippen LogP contribution is 0.881. The van der Waals surface area contributed by atoms with E-state index in [2.05, 4.69) is 9.85 Å². The second kappa shape index (κ2) is 2.58. The molecule has 0 saturated carbocycles. The average molecular weight is 68.1 g/mol. The Balaban J connectivity index is 3.95. The summed E-state index contributed by atoms with van der Waals surface area (Å²) in [6, 6.07) is 0. The molecule has 0 aliphatic rings. The standard InChI is InChI=1S/C2OSi/c3-1-2-4. The summed E-state index contributed by atoms with van der Waals surface area (Å²) >= 11 is 0. The van der Waals surface area contributed by atoms with E-state index in [4.69, 9.17) is 4.79 Å². The van der Waals surface area contributed by atoms with Crippen LogP contribution in [0.2, 0.25) is 0 Å². The molecule has 0 spiro atoms. The molecule has 4 heavy (non-hydrogen) atoms. The van der Waals surface area contributed by atoms with Gasteiger partial charge in [0.15, 0.2) is 5.94 Å². The number of carbonyl (C=O) groups excluding carboxylic acids is 1. The van der Waals surface area contributed by atoms with Crippen LogP contribution in [0.25, 0.3) is 0 Å². The second-order valence-corrected chi connectivity index (χ2v) is 0.477. The maximum atomic E-state index is 8.89. The molecule has 0 N–H and O–H groups in total. The van der Waals surface area contributed by atoms with Gasteiger partial charge in [-0.25, -0.2) is 4.79 Å². The van der Waals surface area contributed by atoms with Gasteiger partial charge in [0.05, 0.1) is 0 Å². The van der Waals surface area contributed by atoms with Gasteiger partial charge in [0.25, 0.3) is 0 Å². The first-order valence-corrected chi connectivity index (χ1v) is 1.20. The molecule has 0 heterocycles. The molecule has 1 nitrogen and oxygen atoms in total. The summed E-state index contributed by atoms with van der Waals surface area (Å²) in [5, 5.41) is 1.93. The maximum Gasteiger partial charge on any atom is 0.169 e. The lowest BCUT2D eigenvalue weighted by Crippen LogP contribution is -1.42. The molecule has 0 amide bonds. The van der Waals surface area contributed by atoms with E-state index in [0.29, 0.717) is 0 Å². The third kappa shape index (κ3) is 1.58. The molecule has 0 aliphatic carbocycles. The normalized spacial score (nSPS) is 3.00. The third-order valence-electron chi connectivity index (χ3n) is 0.0510. The van der Waals surface area contributed by atoms with Crippen molar-refractivity contribution in [1.82, 2.24) is 0 Å². The lowest BCUT2D eigenvalue weighted by molar-refractivity contribution is 0.571. The summed E-state index contributed by atoms with van der Waals surface area (Å²) in [6.45, 7) is 0. The van der Waals surface area contributed by atoms with Crippen LogP contribution in [-0.2, 0) is 4.79 Å². The van der Waals surface area contributed by atoms with Crippen LogP contribution in [0.5, 0.6) is 0 Å². The van der Waals surface area contributed by atoms with Crippen LogP contribution in [0.3, 0.4) is 0 Å². The van der Waals surface area contributed by atoms with E-state index in [9.17, 15) is 0 Å². The highest BCUT2D eigenvalue weighted by molar-refractivity contribution is 6.31. The number of rotatable bonds is 0. The van der Waals surface area contributed by atoms with Crippen molar-refractivity contribution in [3.8, 4) is 0 Å². The van der Waals surface area contributed by atoms with Crippen molar-refractivity contribution in [2.24, 2.45) is 0 Å². The van der Waals surface area contributed by atoms with Crippen LogP contribution >= 0.6 is 0 Å². The van der Waals surface area contributed by atoms with Gasteiger partial charge in [-0.05, 0) is 0 Å². The van der Waals surface area contributed by atoms with Gasteiger partial charge in [-0.1, -0.05) is 5.33 Å². The van der Waals surface area contributed by atoms with Crippen LogP contribution in [0.4, 0.5) is 0 Å². The quantitative estimate of drug-likeness (QED) is 0.261. The number of hydrogen-bond acceptors (Lipinski definition) is 1. The minimum absolute atomic E-state index is 1.34.